The zero-order valence-corrected chi connectivity index (χ0v) is 28.1. The lowest BCUT2D eigenvalue weighted by molar-refractivity contribution is 0.340. The van der Waals surface area contributed by atoms with Crippen LogP contribution in [0.3, 0.4) is 0 Å². The van der Waals surface area contributed by atoms with Crippen LogP contribution in [0, 0.1) is 19.3 Å². The van der Waals surface area contributed by atoms with Crippen LogP contribution in [0.15, 0.2) is 109 Å². The Morgan fingerprint density at radius 1 is 0.723 bits per heavy atom. The van der Waals surface area contributed by atoms with Gasteiger partial charge in [0.15, 0.2) is 0 Å². The Kier molecular flexibility index (Phi) is 7.59. The number of rotatable bonds is 7. The van der Waals surface area contributed by atoms with E-state index < -0.39 is 0 Å². The molecule has 1 atom stereocenters. The standard InChI is InChI=1S/C41H40N4O2/c1-26(41(4,5)6)30-16-19-37-36(22-30)35-18-17-34(24-38(35)44(37)39-25-32(46-7)20-21-42-39)47-33-15-11-14-31(23-33)45-28(3)40(27(2)43-45)29-12-9-8-10-13-29/h8-26H,1-7H3. The van der Waals surface area contributed by atoms with Gasteiger partial charge in [-0.15, -0.1) is 0 Å². The minimum atomic E-state index is 0.145. The molecule has 0 N–H and O–H groups in total. The number of aromatic nitrogens is 4. The van der Waals surface area contributed by atoms with E-state index in [0.29, 0.717) is 5.92 Å². The van der Waals surface area contributed by atoms with E-state index in [1.54, 1.807) is 13.3 Å². The van der Waals surface area contributed by atoms with Crippen molar-refractivity contribution >= 4 is 21.8 Å². The quantitative estimate of drug-likeness (QED) is 0.178. The van der Waals surface area contributed by atoms with Crippen molar-refractivity contribution in [3.05, 3.63) is 126 Å². The largest absolute Gasteiger partial charge is 0.497 e. The van der Waals surface area contributed by atoms with Crippen molar-refractivity contribution in [3.63, 3.8) is 0 Å². The van der Waals surface area contributed by atoms with Gasteiger partial charge in [-0.05, 0) is 78.8 Å². The maximum absolute atomic E-state index is 6.55. The second kappa shape index (κ2) is 11.8. The molecule has 0 saturated carbocycles. The minimum absolute atomic E-state index is 0.145. The fourth-order valence-corrected chi connectivity index (χ4v) is 6.48. The van der Waals surface area contributed by atoms with Crippen molar-refractivity contribution in [2.75, 3.05) is 7.11 Å². The number of hydrogen-bond donors (Lipinski definition) is 0. The average molecular weight is 621 g/mol. The van der Waals surface area contributed by atoms with E-state index in [9.17, 15) is 0 Å². The SMILES string of the molecule is COc1ccnc(-n2c3ccc(C(C)C(C)(C)C)cc3c3ccc(Oc4cccc(-n5nc(C)c(-c6ccccc6)c5C)c4)cc32)c1. The lowest BCUT2D eigenvalue weighted by Gasteiger charge is -2.27. The summed E-state index contributed by atoms with van der Waals surface area (Å²) in [5.74, 6) is 3.41. The average Bonchev–Trinajstić information content (AvgIpc) is 3.56. The van der Waals surface area contributed by atoms with E-state index in [1.165, 1.54) is 10.9 Å². The van der Waals surface area contributed by atoms with Crippen molar-refractivity contribution in [2.24, 2.45) is 5.41 Å². The Morgan fingerprint density at radius 3 is 2.28 bits per heavy atom. The zero-order valence-electron chi connectivity index (χ0n) is 28.1. The number of pyridine rings is 1. The molecule has 3 heterocycles. The van der Waals surface area contributed by atoms with Crippen LogP contribution in [-0.4, -0.2) is 26.4 Å². The highest BCUT2D eigenvalue weighted by Crippen LogP contribution is 2.40. The second-order valence-corrected chi connectivity index (χ2v) is 13.4. The molecule has 7 rings (SSSR count). The highest BCUT2D eigenvalue weighted by Gasteiger charge is 2.23. The third kappa shape index (κ3) is 5.54. The maximum Gasteiger partial charge on any atom is 0.141 e. The monoisotopic (exact) mass is 620 g/mol. The zero-order chi connectivity index (χ0) is 32.9. The minimum Gasteiger partial charge on any atom is -0.497 e. The number of methoxy groups -OCH3 is 1. The summed E-state index contributed by atoms with van der Waals surface area (Å²) < 4.78 is 16.3. The maximum atomic E-state index is 6.55. The van der Waals surface area contributed by atoms with Crippen molar-refractivity contribution in [3.8, 4) is 39.9 Å². The first-order valence-corrected chi connectivity index (χ1v) is 16.1. The Hall–Kier alpha value is -5.36. The van der Waals surface area contributed by atoms with Gasteiger partial charge >= 0.3 is 0 Å². The van der Waals surface area contributed by atoms with Gasteiger partial charge in [0.2, 0.25) is 0 Å². The normalized spacial score (nSPS) is 12.5. The van der Waals surface area contributed by atoms with Crippen molar-refractivity contribution in [2.45, 2.75) is 47.5 Å². The highest BCUT2D eigenvalue weighted by atomic mass is 16.5. The Balaban J connectivity index is 1.31. The van der Waals surface area contributed by atoms with Gasteiger partial charge in [0, 0.05) is 46.4 Å². The van der Waals surface area contributed by atoms with E-state index in [0.717, 1.165) is 67.7 Å². The Bertz CT molecular complexity index is 2240. The first-order valence-electron chi connectivity index (χ1n) is 16.1. The molecule has 0 bridgehead atoms. The molecule has 0 aliphatic carbocycles. The number of hydrogen-bond acceptors (Lipinski definition) is 4. The summed E-state index contributed by atoms with van der Waals surface area (Å²) in [6, 6.07) is 35.5. The van der Waals surface area contributed by atoms with Crippen LogP contribution in [0.2, 0.25) is 0 Å². The fraction of sp³-hybridized carbons (Fsp3) is 0.220. The topological polar surface area (TPSA) is 54.1 Å². The summed E-state index contributed by atoms with van der Waals surface area (Å²) in [6.45, 7) is 13.4. The third-order valence-corrected chi connectivity index (χ3v) is 9.39. The molecule has 236 valence electrons. The molecule has 0 spiro atoms. The summed E-state index contributed by atoms with van der Waals surface area (Å²) >= 11 is 0. The smallest absolute Gasteiger partial charge is 0.141 e. The van der Waals surface area contributed by atoms with Gasteiger partial charge < -0.3 is 9.47 Å². The lowest BCUT2D eigenvalue weighted by atomic mass is 9.77. The second-order valence-electron chi connectivity index (χ2n) is 13.4. The molecule has 47 heavy (non-hydrogen) atoms. The van der Waals surface area contributed by atoms with Crippen LogP contribution in [0.1, 0.15) is 50.6 Å². The Morgan fingerprint density at radius 2 is 1.51 bits per heavy atom. The lowest BCUT2D eigenvalue weighted by Crippen LogP contribution is -2.15. The van der Waals surface area contributed by atoms with E-state index >= 15 is 0 Å². The fourth-order valence-electron chi connectivity index (χ4n) is 6.48. The number of fused-ring (bicyclic) bond motifs is 3. The molecule has 6 nitrogen and oxygen atoms in total. The van der Waals surface area contributed by atoms with Gasteiger partial charge in [-0.1, -0.05) is 70.2 Å². The van der Waals surface area contributed by atoms with E-state index in [1.807, 2.05) is 41.1 Å². The Labute approximate surface area is 276 Å². The predicted molar refractivity (Wildman–Crippen MR) is 192 cm³/mol. The number of nitrogens with zero attached hydrogens (tertiary/aromatic N) is 4. The summed E-state index contributed by atoms with van der Waals surface area (Å²) in [7, 11) is 1.68. The van der Waals surface area contributed by atoms with Crippen molar-refractivity contribution in [1.29, 1.82) is 0 Å². The molecule has 6 heteroatoms. The molecule has 0 amide bonds. The van der Waals surface area contributed by atoms with Crippen LogP contribution < -0.4 is 9.47 Å². The molecule has 3 aromatic heterocycles. The van der Waals surface area contributed by atoms with Gasteiger partial charge in [0.25, 0.3) is 0 Å². The van der Waals surface area contributed by atoms with Gasteiger partial charge in [0.1, 0.15) is 23.1 Å². The van der Waals surface area contributed by atoms with E-state index in [2.05, 4.69) is 113 Å². The molecule has 1 unspecified atom stereocenters. The molecular weight excluding hydrogens is 580 g/mol. The first-order chi connectivity index (χ1) is 22.6. The number of ether oxygens (including phenoxy) is 2. The third-order valence-electron chi connectivity index (χ3n) is 9.39. The predicted octanol–water partition coefficient (Wildman–Crippen LogP) is 10.6. The summed E-state index contributed by atoms with van der Waals surface area (Å²) in [4.78, 5) is 4.76. The first kappa shape index (κ1) is 30.3. The molecule has 7 aromatic rings. The van der Waals surface area contributed by atoms with Gasteiger partial charge in [-0.3, -0.25) is 4.57 Å². The summed E-state index contributed by atoms with van der Waals surface area (Å²) in [5.41, 5.74) is 8.90. The van der Waals surface area contributed by atoms with Crippen molar-refractivity contribution < 1.29 is 9.47 Å². The van der Waals surface area contributed by atoms with Crippen LogP contribution in [-0.2, 0) is 0 Å². The van der Waals surface area contributed by atoms with Crippen molar-refractivity contribution in [1.82, 2.24) is 19.3 Å². The van der Waals surface area contributed by atoms with Gasteiger partial charge in [-0.25, -0.2) is 9.67 Å². The van der Waals surface area contributed by atoms with E-state index in [4.69, 9.17) is 19.6 Å². The molecule has 0 aliphatic rings. The van der Waals surface area contributed by atoms with Gasteiger partial charge in [-0.2, -0.15) is 5.10 Å². The molecule has 0 saturated heterocycles. The van der Waals surface area contributed by atoms with Crippen LogP contribution in [0.5, 0.6) is 17.2 Å². The summed E-state index contributed by atoms with van der Waals surface area (Å²) in [5, 5.41) is 7.23. The van der Waals surface area contributed by atoms with Gasteiger partial charge in [0.05, 0.1) is 29.5 Å². The molecule has 0 radical (unpaired) electrons. The molecule has 0 aliphatic heterocycles. The van der Waals surface area contributed by atoms with Crippen LogP contribution >= 0.6 is 0 Å². The van der Waals surface area contributed by atoms with Crippen LogP contribution in [0.4, 0.5) is 0 Å². The van der Waals surface area contributed by atoms with E-state index in [-0.39, 0.29) is 5.41 Å². The number of benzene rings is 4. The highest BCUT2D eigenvalue weighted by molar-refractivity contribution is 6.09. The number of aryl methyl sites for hydroxylation is 1. The molecule has 4 aromatic carbocycles. The van der Waals surface area contributed by atoms with Crippen LogP contribution in [0.25, 0.3) is 44.4 Å². The summed E-state index contributed by atoms with van der Waals surface area (Å²) in [6.07, 6.45) is 1.79. The molecular formula is C41H40N4O2. The molecule has 0 fully saturated rings.